The van der Waals surface area contributed by atoms with Gasteiger partial charge in [-0.05, 0) is 13.0 Å². The van der Waals surface area contributed by atoms with Crippen LogP contribution in [-0.2, 0) is 9.59 Å². The summed E-state index contributed by atoms with van der Waals surface area (Å²) in [6.07, 6.45) is -4.33. The summed E-state index contributed by atoms with van der Waals surface area (Å²) in [5.41, 5.74) is 1.48. The number of hydrogen-bond acceptors (Lipinski definition) is 2. The molecule has 1 atom stereocenters. The number of primary amides is 1. The van der Waals surface area contributed by atoms with E-state index in [1.54, 1.807) is 0 Å². The molecule has 0 spiro atoms. The first-order chi connectivity index (χ1) is 6.15. The Morgan fingerprint density at radius 2 is 1.86 bits per heavy atom. The topological polar surface area (TPSA) is 72.2 Å². The van der Waals surface area contributed by atoms with E-state index < -0.39 is 23.5 Å². The zero-order valence-corrected chi connectivity index (χ0v) is 7.31. The zero-order valence-electron chi connectivity index (χ0n) is 7.31. The molecular weight excluding hydrogens is 201 g/mol. The molecule has 80 valence electrons. The SMILES string of the molecule is C=CC(=O)NC(C)(C(N)=O)C(F)(F)F. The number of nitrogens with one attached hydrogen (secondary N) is 1. The highest BCUT2D eigenvalue weighted by molar-refractivity contribution is 5.94. The molecule has 0 aromatic rings. The molecule has 1 unspecified atom stereocenters. The fourth-order valence-electron chi connectivity index (χ4n) is 0.570. The molecule has 0 radical (unpaired) electrons. The van der Waals surface area contributed by atoms with Gasteiger partial charge in [-0.25, -0.2) is 0 Å². The van der Waals surface area contributed by atoms with Gasteiger partial charge in [0, 0.05) is 0 Å². The molecule has 0 aromatic carbocycles. The second-order valence-corrected chi connectivity index (χ2v) is 2.68. The lowest BCUT2D eigenvalue weighted by atomic mass is 10.0. The van der Waals surface area contributed by atoms with Crippen LogP contribution < -0.4 is 11.1 Å². The van der Waals surface area contributed by atoms with Crippen LogP contribution >= 0.6 is 0 Å². The van der Waals surface area contributed by atoms with Crippen LogP contribution in [-0.4, -0.2) is 23.5 Å². The van der Waals surface area contributed by atoms with E-state index in [1.165, 1.54) is 5.32 Å². The second kappa shape index (κ2) is 3.69. The van der Waals surface area contributed by atoms with Crippen LogP contribution in [0.15, 0.2) is 12.7 Å². The predicted octanol–water partition coefficient (Wildman–Crippen LogP) is 0.0949. The number of halogens is 3. The quantitative estimate of drug-likeness (QED) is 0.648. The maximum absolute atomic E-state index is 12.3. The van der Waals surface area contributed by atoms with Crippen LogP contribution in [0, 0.1) is 0 Å². The smallest absolute Gasteiger partial charge is 0.367 e. The lowest BCUT2D eigenvalue weighted by Gasteiger charge is -2.28. The summed E-state index contributed by atoms with van der Waals surface area (Å²) in [6.45, 7) is 3.44. The van der Waals surface area contributed by atoms with Gasteiger partial charge in [-0.1, -0.05) is 6.58 Å². The van der Waals surface area contributed by atoms with E-state index in [0.717, 1.165) is 0 Å². The lowest BCUT2D eigenvalue weighted by Crippen LogP contribution is -2.64. The van der Waals surface area contributed by atoms with Crippen molar-refractivity contribution in [1.82, 2.24) is 5.32 Å². The zero-order chi connectivity index (χ0) is 11.6. The third-order valence-electron chi connectivity index (χ3n) is 1.62. The Kier molecular flexibility index (Phi) is 3.28. The van der Waals surface area contributed by atoms with Gasteiger partial charge in [-0.3, -0.25) is 9.59 Å². The molecule has 7 heteroatoms. The number of hydrogen-bond donors (Lipinski definition) is 2. The van der Waals surface area contributed by atoms with Crippen molar-refractivity contribution in [3.8, 4) is 0 Å². The molecule has 0 heterocycles. The third kappa shape index (κ3) is 2.24. The van der Waals surface area contributed by atoms with E-state index in [0.29, 0.717) is 13.0 Å². The maximum atomic E-state index is 12.3. The average Bonchev–Trinajstić information content (AvgIpc) is 2.01. The van der Waals surface area contributed by atoms with Crippen LogP contribution in [0.4, 0.5) is 13.2 Å². The molecular formula is C7H9F3N2O2. The normalized spacial score (nSPS) is 15.4. The molecule has 0 saturated heterocycles. The molecule has 14 heavy (non-hydrogen) atoms. The van der Waals surface area contributed by atoms with Gasteiger partial charge in [-0.2, -0.15) is 13.2 Å². The molecule has 0 aromatic heterocycles. The molecule has 0 bridgehead atoms. The van der Waals surface area contributed by atoms with Gasteiger partial charge >= 0.3 is 6.18 Å². The van der Waals surface area contributed by atoms with Gasteiger partial charge in [-0.15, -0.1) is 0 Å². The van der Waals surface area contributed by atoms with Crippen molar-refractivity contribution in [2.45, 2.75) is 18.6 Å². The summed E-state index contributed by atoms with van der Waals surface area (Å²) in [5.74, 6) is -2.80. The number of alkyl halides is 3. The van der Waals surface area contributed by atoms with Crippen molar-refractivity contribution in [2.75, 3.05) is 0 Å². The van der Waals surface area contributed by atoms with Crippen LogP contribution in [0.3, 0.4) is 0 Å². The van der Waals surface area contributed by atoms with E-state index in [2.05, 4.69) is 12.3 Å². The summed E-state index contributed by atoms with van der Waals surface area (Å²) in [4.78, 5) is 21.2. The largest absolute Gasteiger partial charge is 0.420 e. The first-order valence-corrected chi connectivity index (χ1v) is 3.46. The maximum Gasteiger partial charge on any atom is 0.420 e. The highest BCUT2D eigenvalue weighted by atomic mass is 19.4. The summed E-state index contributed by atoms with van der Waals surface area (Å²) in [7, 11) is 0. The monoisotopic (exact) mass is 210 g/mol. The van der Waals surface area contributed by atoms with E-state index in [1.807, 2.05) is 0 Å². The number of nitrogens with two attached hydrogens (primary N) is 1. The fraction of sp³-hybridized carbons (Fsp3) is 0.429. The van der Waals surface area contributed by atoms with E-state index in [9.17, 15) is 22.8 Å². The minimum absolute atomic E-state index is 0.483. The predicted molar refractivity (Wildman–Crippen MR) is 42.0 cm³/mol. The summed E-state index contributed by atoms with van der Waals surface area (Å²) >= 11 is 0. The molecule has 2 amide bonds. The van der Waals surface area contributed by atoms with Crippen LogP contribution in [0.1, 0.15) is 6.92 Å². The Bertz CT molecular complexity index is 275. The number of amides is 2. The Hall–Kier alpha value is -1.53. The summed E-state index contributed by atoms with van der Waals surface area (Å²) in [5, 5.41) is 1.43. The van der Waals surface area contributed by atoms with Crippen LogP contribution in [0.25, 0.3) is 0 Å². The second-order valence-electron chi connectivity index (χ2n) is 2.68. The molecule has 4 nitrogen and oxygen atoms in total. The summed E-state index contributed by atoms with van der Waals surface area (Å²) < 4.78 is 36.9. The van der Waals surface area contributed by atoms with Crippen molar-refractivity contribution >= 4 is 11.8 Å². The van der Waals surface area contributed by atoms with E-state index >= 15 is 0 Å². The highest BCUT2D eigenvalue weighted by Crippen LogP contribution is 2.29. The van der Waals surface area contributed by atoms with Crippen molar-refractivity contribution in [1.29, 1.82) is 0 Å². The molecule has 0 aliphatic rings. The van der Waals surface area contributed by atoms with E-state index in [4.69, 9.17) is 0 Å². The molecule has 0 rings (SSSR count). The van der Waals surface area contributed by atoms with Crippen LogP contribution in [0.2, 0.25) is 0 Å². The van der Waals surface area contributed by atoms with Gasteiger partial charge in [0.2, 0.25) is 11.4 Å². The van der Waals surface area contributed by atoms with Gasteiger partial charge in [0.1, 0.15) is 0 Å². The molecule has 0 fully saturated rings. The van der Waals surface area contributed by atoms with Crippen molar-refractivity contribution in [2.24, 2.45) is 5.73 Å². The van der Waals surface area contributed by atoms with Gasteiger partial charge < -0.3 is 11.1 Å². The lowest BCUT2D eigenvalue weighted by molar-refractivity contribution is -0.195. The standard InChI is InChI=1S/C7H9F3N2O2/c1-3-4(13)12-6(2,5(11)14)7(8,9)10/h3H,1H2,2H3,(H2,11,14)(H,12,13). The van der Waals surface area contributed by atoms with Gasteiger partial charge in [0.25, 0.3) is 5.91 Å². The Labute approximate surface area is 77.9 Å². The molecule has 3 N–H and O–H groups in total. The van der Waals surface area contributed by atoms with E-state index in [-0.39, 0.29) is 0 Å². The van der Waals surface area contributed by atoms with Gasteiger partial charge in [0.05, 0.1) is 0 Å². The van der Waals surface area contributed by atoms with Crippen molar-refractivity contribution < 1.29 is 22.8 Å². The van der Waals surface area contributed by atoms with Gasteiger partial charge in [0.15, 0.2) is 0 Å². The minimum Gasteiger partial charge on any atom is -0.367 e. The van der Waals surface area contributed by atoms with Crippen molar-refractivity contribution in [3.05, 3.63) is 12.7 Å². The molecule has 0 aliphatic heterocycles. The number of rotatable bonds is 3. The van der Waals surface area contributed by atoms with Crippen molar-refractivity contribution in [3.63, 3.8) is 0 Å². The first-order valence-electron chi connectivity index (χ1n) is 3.46. The Morgan fingerprint density at radius 1 is 1.43 bits per heavy atom. The molecule has 0 saturated carbocycles. The molecule has 0 aliphatic carbocycles. The summed E-state index contributed by atoms with van der Waals surface area (Å²) in [6, 6.07) is 0. The number of carbonyl (C=O) groups is 2. The minimum atomic E-state index is -4.95. The third-order valence-corrected chi connectivity index (χ3v) is 1.62. The Balaban J connectivity index is 5.02. The Morgan fingerprint density at radius 3 is 2.07 bits per heavy atom. The number of carbonyl (C=O) groups excluding carboxylic acids is 2. The average molecular weight is 210 g/mol. The first kappa shape index (κ1) is 12.5. The highest BCUT2D eigenvalue weighted by Gasteiger charge is 2.56. The fourth-order valence-corrected chi connectivity index (χ4v) is 0.570. The van der Waals surface area contributed by atoms with Crippen LogP contribution in [0.5, 0.6) is 0 Å².